The molecule has 0 bridgehead atoms. The fourth-order valence-corrected chi connectivity index (χ4v) is 3.25. The second-order valence-electron chi connectivity index (χ2n) is 5.40. The van der Waals surface area contributed by atoms with Gasteiger partial charge in [0.05, 0.1) is 16.8 Å². The van der Waals surface area contributed by atoms with E-state index in [2.05, 4.69) is 15.1 Å². The molecule has 0 aliphatic rings. The highest BCUT2D eigenvalue weighted by Gasteiger charge is 2.07. The number of nitrogens with zero attached hydrogens (tertiary/aromatic N) is 3. The van der Waals surface area contributed by atoms with Crippen molar-refractivity contribution in [2.24, 2.45) is 0 Å². The molecule has 0 spiro atoms. The molecule has 0 atom stereocenters. The molecular formula is C18H14N4OS. The van der Waals surface area contributed by atoms with Crippen molar-refractivity contribution in [3.63, 3.8) is 0 Å². The van der Waals surface area contributed by atoms with Crippen LogP contribution < -0.4 is 5.56 Å². The first kappa shape index (κ1) is 14.6. The van der Waals surface area contributed by atoms with E-state index < -0.39 is 0 Å². The minimum Gasteiger partial charge on any atom is -0.306 e. The molecule has 24 heavy (non-hydrogen) atoms. The van der Waals surface area contributed by atoms with Crippen LogP contribution in [0.4, 0.5) is 0 Å². The van der Waals surface area contributed by atoms with Gasteiger partial charge < -0.3 is 4.98 Å². The number of hydrogen-bond donors (Lipinski definition) is 1. The summed E-state index contributed by atoms with van der Waals surface area (Å²) in [7, 11) is 0. The summed E-state index contributed by atoms with van der Waals surface area (Å²) >= 11 is 1.46. The Hall–Kier alpha value is -2.99. The second-order valence-corrected chi connectivity index (χ2v) is 6.30. The summed E-state index contributed by atoms with van der Waals surface area (Å²) in [6.45, 7) is 1.92. The first-order valence-electron chi connectivity index (χ1n) is 7.48. The molecule has 1 N–H and O–H groups in total. The molecule has 3 aromatic heterocycles. The number of hydrogen-bond acceptors (Lipinski definition) is 4. The summed E-state index contributed by atoms with van der Waals surface area (Å²) < 4.78 is 1.82. The molecule has 3 heterocycles. The van der Waals surface area contributed by atoms with Gasteiger partial charge in [0, 0.05) is 6.20 Å². The normalized spacial score (nSPS) is 12.0. The molecule has 5 nitrogen and oxygen atoms in total. The molecule has 0 aliphatic heterocycles. The van der Waals surface area contributed by atoms with Crippen LogP contribution in [0.3, 0.4) is 0 Å². The zero-order valence-corrected chi connectivity index (χ0v) is 13.7. The molecule has 6 heteroatoms. The highest BCUT2D eigenvalue weighted by Crippen LogP contribution is 2.18. The van der Waals surface area contributed by atoms with Gasteiger partial charge in [-0.3, -0.25) is 4.79 Å². The Morgan fingerprint density at radius 2 is 2.04 bits per heavy atom. The molecule has 1 aromatic carbocycles. The van der Waals surface area contributed by atoms with E-state index >= 15 is 0 Å². The largest absolute Gasteiger partial charge is 0.306 e. The van der Waals surface area contributed by atoms with Crippen molar-refractivity contribution in [1.82, 2.24) is 19.7 Å². The zero-order chi connectivity index (χ0) is 16.5. The van der Waals surface area contributed by atoms with Crippen molar-refractivity contribution in [1.29, 1.82) is 0 Å². The predicted molar refractivity (Wildman–Crippen MR) is 97.3 cm³/mol. The van der Waals surface area contributed by atoms with Crippen LogP contribution in [0.15, 0.2) is 58.8 Å². The summed E-state index contributed by atoms with van der Waals surface area (Å²) in [6.07, 6.45) is 3.82. The summed E-state index contributed by atoms with van der Waals surface area (Å²) in [5.74, 6) is 0.573. The van der Waals surface area contributed by atoms with Crippen LogP contribution in [0.2, 0.25) is 0 Å². The van der Waals surface area contributed by atoms with Gasteiger partial charge in [0.1, 0.15) is 10.7 Å². The van der Waals surface area contributed by atoms with Gasteiger partial charge in [-0.2, -0.15) is 5.10 Å². The van der Waals surface area contributed by atoms with Gasteiger partial charge in [0.25, 0.3) is 5.56 Å². The maximum absolute atomic E-state index is 12.1. The third-order valence-electron chi connectivity index (χ3n) is 3.70. The molecule has 0 unspecified atom stereocenters. The molecule has 0 fully saturated rings. The Morgan fingerprint density at radius 3 is 2.88 bits per heavy atom. The standard InChI is InChI=1S/C18H14N4OS/c1-12(16-19-17(23)15-8-10-24-18(15)20-16)11-13-7-9-22(21-13)14-5-3-2-4-6-14/h2-11H,1H3,(H,19,20,23)/b12-11-. The minimum absolute atomic E-state index is 0.112. The molecule has 0 amide bonds. The van der Waals surface area contributed by atoms with Crippen molar-refractivity contribution in [3.8, 4) is 5.69 Å². The molecule has 0 radical (unpaired) electrons. The minimum atomic E-state index is -0.112. The summed E-state index contributed by atoms with van der Waals surface area (Å²) in [4.78, 5) is 20.2. The number of para-hydroxylation sites is 1. The SMILES string of the molecule is C/C(=C/c1ccn(-c2ccccc2)n1)c1nc2sccc2c(=O)[nH]1. The number of allylic oxidation sites excluding steroid dienone is 1. The van der Waals surface area contributed by atoms with Crippen LogP contribution >= 0.6 is 11.3 Å². The molecule has 4 rings (SSSR count). The summed E-state index contributed by atoms with van der Waals surface area (Å²) in [5.41, 5.74) is 2.56. The van der Waals surface area contributed by atoms with E-state index in [1.807, 2.05) is 65.7 Å². The monoisotopic (exact) mass is 334 g/mol. The van der Waals surface area contributed by atoms with Crippen LogP contribution in [0.5, 0.6) is 0 Å². The fraction of sp³-hybridized carbons (Fsp3) is 0.0556. The number of aromatic nitrogens is 4. The Balaban J connectivity index is 1.69. The highest BCUT2D eigenvalue weighted by molar-refractivity contribution is 7.16. The van der Waals surface area contributed by atoms with Crippen molar-refractivity contribution in [2.45, 2.75) is 6.92 Å². The first-order valence-corrected chi connectivity index (χ1v) is 8.36. The van der Waals surface area contributed by atoms with Crippen molar-refractivity contribution in [3.05, 3.63) is 75.9 Å². The Labute approximate surface area is 141 Å². The van der Waals surface area contributed by atoms with E-state index in [4.69, 9.17) is 0 Å². The number of thiophene rings is 1. The molecule has 0 aliphatic carbocycles. The van der Waals surface area contributed by atoms with E-state index in [1.54, 1.807) is 6.07 Å². The number of fused-ring (bicyclic) bond motifs is 1. The van der Waals surface area contributed by atoms with Gasteiger partial charge in [-0.05, 0) is 48.2 Å². The highest BCUT2D eigenvalue weighted by atomic mass is 32.1. The lowest BCUT2D eigenvalue weighted by Gasteiger charge is -2.01. The van der Waals surface area contributed by atoms with Crippen molar-refractivity contribution >= 4 is 33.2 Å². The Kier molecular flexibility index (Phi) is 3.59. The predicted octanol–water partition coefficient (Wildman–Crippen LogP) is 3.73. The second kappa shape index (κ2) is 5.90. The van der Waals surface area contributed by atoms with Crippen molar-refractivity contribution in [2.75, 3.05) is 0 Å². The average molecular weight is 334 g/mol. The fourth-order valence-electron chi connectivity index (χ4n) is 2.48. The maximum Gasteiger partial charge on any atom is 0.259 e. The van der Waals surface area contributed by atoms with Gasteiger partial charge in [-0.1, -0.05) is 18.2 Å². The number of rotatable bonds is 3. The third kappa shape index (κ3) is 2.68. The molecule has 118 valence electrons. The van der Waals surface area contributed by atoms with E-state index in [0.29, 0.717) is 11.2 Å². The number of aromatic amines is 1. The van der Waals surface area contributed by atoms with Gasteiger partial charge in [-0.15, -0.1) is 11.3 Å². The average Bonchev–Trinajstić information content (AvgIpc) is 3.25. The lowest BCUT2D eigenvalue weighted by molar-refractivity contribution is 0.876. The van der Waals surface area contributed by atoms with E-state index in [-0.39, 0.29) is 5.56 Å². The molecule has 0 saturated carbocycles. The lowest BCUT2D eigenvalue weighted by atomic mass is 10.2. The maximum atomic E-state index is 12.1. The lowest BCUT2D eigenvalue weighted by Crippen LogP contribution is -2.09. The van der Waals surface area contributed by atoms with Gasteiger partial charge in [-0.25, -0.2) is 9.67 Å². The third-order valence-corrected chi connectivity index (χ3v) is 4.51. The zero-order valence-electron chi connectivity index (χ0n) is 12.9. The Bertz CT molecular complexity index is 1090. The summed E-state index contributed by atoms with van der Waals surface area (Å²) in [6, 6.07) is 13.6. The smallest absolute Gasteiger partial charge is 0.259 e. The first-order chi connectivity index (χ1) is 11.7. The quantitative estimate of drug-likeness (QED) is 0.621. The van der Waals surface area contributed by atoms with E-state index in [1.165, 1.54) is 11.3 Å². The van der Waals surface area contributed by atoms with Crippen LogP contribution in [0, 0.1) is 0 Å². The van der Waals surface area contributed by atoms with Crippen LogP contribution in [-0.2, 0) is 0 Å². The van der Waals surface area contributed by atoms with Gasteiger partial charge in [0.15, 0.2) is 0 Å². The van der Waals surface area contributed by atoms with Crippen LogP contribution in [-0.4, -0.2) is 19.7 Å². The van der Waals surface area contributed by atoms with E-state index in [0.717, 1.165) is 21.8 Å². The van der Waals surface area contributed by atoms with Crippen LogP contribution in [0.1, 0.15) is 18.4 Å². The number of nitrogens with one attached hydrogen (secondary N) is 1. The summed E-state index contributed by atoms with van der Waals surface area (Å²) in [5, 5.41) is 7.05. The molecule has 0 saturated heterocycles. The van der Waals surface area contributed by atoms with Crippen molar-refractivity contribution < 1.29 is 0 Å². The van der Waals surface area contributed by atoms with Gasteiger partial charge in [0.2, 0.25) is 0 Å². The van der Waals surface area contributed by atoms with E-state index in [9.17, 15) is 4.79 Å². The topological polar surface area (TPSA) is 63.6 Å². The number of benzene rings is 1. The molecular weight excluding hydrogens is 320 g/mol. The van der Waals surface area contributed by atoms with Crippen LogP contribution in [0.25, 0.3) is 27.6 Å². The Morgan fingerprint density at radius 1 is 1.21 bits per heavy atom. The number of H-pyrrole nitrogens is 1. The molecule has 4 aromatic rings. The van der Waals surface area contributed by atoms with Gasteiger partial charge >= 0.3 is 0 Å².